The predicted molar refractivity (Wildman–Crippen MR) is 50.4 cm³/mol. The van der Waals surface area contributed by atoms with E-state index in [0.717, 1.165) is 6.07 Å². The van der Waals surface area contributed by atoms with E-state index in [1.165, 1.54) is 0 Å². The molecule has 1 rings (SSSR count). The van der Waals surface area contributed by atoms with Gasteiger partial charge in [0.1, 0.15) is 5.82 Å². The van der Waals surface area contributed by atoms with Gasteiger partial charge in [-0.05, 0) is 17.5 Å². The Kier molecular flexibility index (Phi) is 3.45. The van der Waals surface area contributed by atoms with Gasteiger partial charge in [0, 0.05) is 5.56 Å². The highest BCUT2D eigenvalue weighted by Gasteiger charge is 2.58. The molecule has 0 aliphatic heterocycles. The Hall–Kier alpha value is -1.20. The Labute approximate surface area is 94.2 Å². The molecule has 0 spiro atoms. The highest BCUT2D eigenvalue weighted by atomic mass is 19.4. The number of hydrogen-bond donors (Lipinski definition) is 0. The predicted octanol–water partition coefficient (Wildman–Crippen LogP) is 4.60. The quantitative estimate of drug-likeness (QED) is 0.678. The van der Waals surface area contributed by atoms with E-state index < -0.39 is 23.5 Å². The number of hydrogen-bond acceptors (Lipinski definition) is 0. The number of rotatable bonds is 2. The van der Waals surface area contributed by atoms with Crippen molar-refractivity contribution in [3.63, 3.8) is 0 Å². The van der Waals surface area contributed by atoms with E-state index in [2.05, 4.69) is 0 Å². The summed E-state index contributed by atoms with van der Waals surface area (Å²) < 4.78 is 75.2. The maximum absolute atomic E-state index is 13.3. The molecule has 0 heterocycles. The van der Waals surface area contributed by atoms with Crippen LogP contribution in [0.4, 0.5) is 26.3 Å². The topological polar surface area (TPSA) is 0 Å². The highest BCUT2D eigenvalue weighted by Crippen LogP contribution is 2.44. The smallest absolute Gasteiger partial charge is 0.207 e. The van der Waals surface area contributed by atoms with Crippen LogP contribution >= 0.6 is 0 Å². The zero-order valence-electron chi connectivity index (χ0n) is 9.08. The molecule has 0 radical (unpaired) electrons. The molecular weight excluding hydrogens is 246 g/mol. The summed E-state index contributed by atoms with van der Waals surface area (Å²) in [6.07, 6.45) is -5.72. The van der Waals surface area contributed by atoms with E-state index in [0.29, 0.717) is 6.07 Å². The van der Waals surface area contributed by atoms with Crippen molar-refractivity contribution in [1.82, 2.24) is 0 Å². The van der Waals surface area contributed by atoms with Gasteiger partial charge in [-0.2, -0.15) is 22.0 Å². The summed E-state index contributed by atoms with van der Waals surface area (Å²) >= 11 is 0. The first-order valence-corrected chi connectivity index (χ1v) is 4.82. The van der Waals surface area contributed by atoms with Crippen LogP contribution in [-0.2, 0) is 5.92 Å². The van der Waals surface area contributed by atoms with Crippen LogP contribution in [0.25, 0.3) is 0 Å². The molecule has 17 heavy (non-hydrogen) atoms. The van der Waals surface area contributed by atoms with Gasteiger partial charge in [0.2, 0.25) is 0 Å². The summed E-state index contributed by atoms with van der Waals surface area (Å²) in [6.45, 7) is 3.22. The molecule has 0 aliphatic carbocycles. The summed E-state index contributed by atoms with van der Waals surface area (Å²) in [7, 11) is 0. The van der Waals surface area contributed by atoms with Gasteiger partial charge in [0.05, 0.1) is 0 Å². The maximum Gasteiger partial charge on any atom is 0.458 e. The fourth-order valence-electron chi connectivity index (χ4n) is 1.35. The molecule has 0 aromatic heterocycles. The van der Waals surface area contributed by atoms with Crippen LogP contribution in [0.15, 0.2) is 18.2 Å². The molecule has 0 amide bonds. The van der Waals surface area contributed by atoms with Gasteiger partial charge in [0.15, 0.2) is 0 Å². The summed E-state index contributed by atoms with van der Waals surface area (Å²) in [6, 6.07) is 1.80. The van der Waals surface area contributed by atoms with E-state index in [-0.39, 0.29) is 17.5 Å². The average Bonchev–Trinajstić information content (AvgIpc) is 2.14. The molecule has 6 heteroatoms. The first-order valence-electron chi connectivity index (χ1n) is 4.82. The minimum absolute atomic E-state index is 0.103. The van der Waals surface area contributed by atoms with Gasteiger partial charge >= 0.3 is 12.1 Å². The van der Waals surface area contributed by atoms with Crippen molar-refractivity contribution >= 4 is 0 Å². The van der Waals surface area contributed by atoms with E-state index in [4.69, 9.17) is 0 Å². The van der Waals surface area contributed by atoms with Crippen LogP contribution in [0.1, 0.15) is 30.9 Å². The zero-order chi connectivity index (χ0) is 13.4. The largest absolute Gasteiger partial charge is 0.458 e. The van der Waals surface area contributed by atoms with Gasteiger partial charge in [-0.15, -0.1) is 0 Å². The van der Waals surface area contributed by atoms with E-state index >= 15 is 0 Å². The molecule has 96 valence electrons. The normalized spacial score (nSPS) is 13.2. The molecule has 0 bridgehead atoms. The molecule has 0 saturated heterocycles. The Morgan fingerprint density at radius 3 is 1.88 bits per heavy atom. The lowest BCUT2D eigenvalue weighted by molar-refractivity contribution is -0.289. The highest BCUT2D eigenvalue weighted by molar-refractivity contribution is 5.30. The van der Waals surface area contributed by atoms with E-state index in [9.17, 15) is 26.3 Å². The molecular formula is C11H10F6. The molecule has 0 nitrogen and oxygen atoms in total. The molecule has 1 aromatic rings. The molecule has 0 aliphatic rings. The molecule has 1 aromatic carbocycles. The van der Waals surface area contributed by atoms with Gasteiger partial charge in [-0.25, -0.2) is 4.39 Å². The van der Waals surface area contributed by atoms with Crippen molar-refractivity contribution in [3.8, 4) is 0 Å². The van der Waals surface area contributed by atoms with Gasteiger partial charge in [-0.1, -0.05) is 26.0 Å². The lowest BCUT2D eigenvalue weighted by Gasteiger charge is -2.20. The van der Waals surface area contributed by atoms with Gasteiger partial charge < -0.3 is 0 Å². The van der Waals surface area contributed by atoms with Crippen molar-refractivity contribution in [2.75, 3.05) is 0 Å². The molecule has 0 saturated carbocycles. The number of benzene rings is 1. The monoisotopic (exact) mass is 256 g/mol. The minimum atomic E-state index is -5.72. The van der Waals surface area contributed by atoms with Crippen LogP contribution in [0.3, 0.4) is 0 Å². The summed E-state index contributed by atoms with van der Waals surface area (Å²) in [5, 5.41) is 0. The molecule has 0 fully saturated rings. The third-order valence-corrected chi connectivity index (χ3v) is 2.34. The van der Waals surface area contributed by atoms with Gasteiger partial charge in [0.25, 0.3) is 0 Å². The lowest BCUT2D eigenvalue weighted by atomic mass is 9.98. The average molecular weight is 256 g/mol. The Morgan fingerprint density at radius 1 is 1.00 bits per heavy atom. The second-order valence-corrected chi connectivity index (χ2v) is 3.96. The molecule has 0 unspecified atom stereocenters. The van der Waals surface area contributed by atoms with Crippen molar-refractivity contribution < 1.29 is 26.3 Å². The second-order valence-electron chi connectivity index (χ2n) is 3.96. The summed E-state index contributed by atoms with van der Waals surface area (Å²) in [4.78, 5) is 0. The minimum Gasteiger partial charge on any atom is -0.207 e. The zero-order valence-corrected chi connectivity index (χ0v) is 9.08. The van der Waals surface area contributed by atoms with Crippen molar-refractivity contribution in [2.45, 2.75) is 31.9 Å². The Morgan fingerprint density at radius 2 is 1.53 bits per heavy atom. The summed E-state index contributed by atoms with van der Waals surface area (Å²) in [5.74, 6) is -6.38. The van der Waals surface area contributed by atoms with E-state index in [1.807, 2.05) is 0 Å². The fraction of sp³-hybridized carbons (Fsp3) is 0.455. The Bertz CT molecular complexity index is 405. The first kappa shape index (κ1) is 13.9. The van der Waals surface area contributed by atoms with E-state index in [1.54, 1.807) is 13.8 Å². The first-order chi connectivity index (χ1) is 7.57. The Balaban J connectivity index is 3.23. The lowest BCUT2D eigenvalue weighted by Crippen LogP contribution is -2.33. The van der Waals surface area contributed by atoms with Crippen molar-refractivity contribution in [2.24, 2.45) is 0 Å². The SMILES string of the molecule is CC(C)c1ccc(C(F)(F)C(F)(F)F)cc1F. The number of alkyl halides is 5. The van der Waals surface area contributed by atoms with Crippen LogP contribution in [0.2, 0.25) is 0 Å². The maximum atomic E-state index is 13.3. The third kappa shape index (κ3) is 2.56. The van der Waals surface area contributed by atoms with Crippen LogP contribution < -0.4 is 0 Å². The standard InChI is InChI=1S/C11H10F6/c1-6(2)8-4-3-7(5-9(8)12)10(13,14)11(15,16)17/h3-6H,1-2H3. The molecule has 0 N–H and O–H groups in total. The van der Waals surface area contributed by atoms with Crippen LogP contribution in [-0.4, -0.2) is 6.18 Å². The van der Waals surface area contributed by atoms with Crippen LogP contribution in [0, 0.1) is 5.82 Å². The molecule has 0 atom stereocenters. The third-order valence-electron chi connectivity index (χ3n) is 2.34. The van der Waals surface area contributed by atoms with Crippen LogP contribution in [0.5, 0.6) is 0 Å². The second kappa shape index (κ2) is 4.23. The fourth-order valence-corrected chi connectivity index (χ4v) is 1.35. The van der Waals surface area contributed by atoms with Crippen molar-refractivity contribution in [3.05, 3.63) is 35.1 Å². The van der Waals surface area contributed by atoms with Crippen molar-refractivity contribution in [1.29, 1.82) is 0 Å². The summed E-state index contributed by atoms with van der Waals surface area (Å²) in [5.41, 5.74) is -1.28. The van der Waals surface area contributed by atoms with Gasteiger partial charge in [-0.3, -0.25) is 0 Å². The number of halogens is 6.